The summed E-state index contributed by atoms with van der Waals surface area (Å²) in [6.07, 6.45) is 15.6. The minimum absolute atomic E-state index is 0.0143. The fraction of sp³-hybridized carbons (Fsp3) is 0.565. The van der Waals surface area contributed by atoms with Crippen molar-refractivity contribution >= 4 is 56.1 Å². The molecule has 3 unspecified atom stereocenters. The second-order valence-electron chi connectivity index (χ2n) is 25.4. The number of nitrogens with one attached hydrogen (secondary N) is 2. The zero-order valence-corrected chi connectivity index (χ0v) is 46.1. The van der Waals surface area contributed by atoms with Gasteiger partial charge in [0.05, 0.1) is 29.1 Å². The Kier molecular flexibility index (Phi) is 13.1. The number of benzene rings is 3. The second-order valence-corrected chi connectivity index (χ2v) is 25.4. The number of anilines is 1. The van der Waals surface area contributed by atoms with Gasteiger partial charge in [-0.05, 0) is 174 Å². The highest BCUT2D eigenvalue weighted by Gasteiger charge is 2.50. The number of fused-ring (bicyclic) bond motifs is 5. The maximum atomic E-state index is 17.2. The van der Waals surface area contributed by atoms with Crippen LogP contribution in [0.2, 0.25) is 0 Å². The van der Waals surface area contributed by atoms with Crippen LogP contribution in [0.15, 0.2) is 48.7 Å². The minimum atomic E-state index is -0.668. The highest BCUT2D eigenvalue weighted by Crippen LogP contribution is 2.53. The molecule has 2 bridgehead atoms. The maximum Gasteiger partial charge on any atom is 0.319 e. The number of hydrogen-bond acceptors (Lipinski definition) is 13. The summed E-state index contributed by atoms with van der Waals surface area (Å²) in [4.78, 5) is 62.5. The number of piperazine rings is 1. The number of aromatic nitrogens is 5. The summed E-state index contributed by atoms with van der Waals surface area (Å²) >= 11 is 0. The Bertz CT molecular complexity index is 3430. The average molecular weight is 1090 g/mol. The van der Waals surface area contributed by atoms with Crippen molar-refractivity contribution in [1.82, 2.24) is 50.1 Å². The predicted molar refractivity (Wildman–Crippen MR) is 300 cm³/mol. The van der Waals surface area contributed by atoms with Crippen molar-refractivity contribution in [3.05, 3.63) is 77.1 Å². The molecular weight excluding hydrogens is 1020 g/mol. The van der Waals surface area contributed by atoms with E-state index in [4.69, 9.17) is 19.8 Å². The van der Waals surface area contributed by atoms with E-state index in [-0.39, 0.29) is 46.1 Å². The number of imide groups is 1. The van der Waals surface area contributed by atoms with Crippen molar-refractivity contribution in [3.8, 4) is 23.0 Å². The quantitative estimate of drug-likeness (QED) is 0.100. The number of aryl methyl sites for hydroxylation is 2. The molecule has 3 aromatic carbocycles. The number of rotatable bonds is 12. The number of phenolic OH excluding ortho intramolecular Hbond substituents is 1. The fourth-order valence-corrected chi connectivity index (χ4v) is 15.5. The number of aromatic hydroxyl groups is 1. The number of phenols is 1. The molecule has 3 N–H and O–H groups in total. The van der Waals surface area contributed by atoms with Crippen molar-refractivity contribution in [1.29, 1.82) is 0 Å². The average Bonchev–Trinajstić information content (AvgIpc) is 4.14. The molecule has 1 spiro atoms. The van der Waals surface area contributed by atoms with Gasteiger partial charge in [0.1, 0.15) is 28.6 Å². The van der Waals surface area contributed by atoms with E-state index in [2.05, 4.69) is 53.4 Å². The summed E-state index contributed by atoms with van der Waals surface area (Å²) in [7, 11) is 1.94. The SMILES string of the molecule is CCc1c(F)ccc2cc(O)cc(-c3ncc4c(N5CC6CCC(C5)N6)nc(OCC5(CN6CCC(C(=O)N7CCC8(CC7)CC(N7CCC(c9ccc%10c(C%11CCC(=O)NC%11=O)nn(C)c%10c9)CC7)C8)CC6)CC5)nc4c3F)c12. The van der Waals surface area contributed by atoms with Gasteiger partial charge in [0.15, 0.2) is 5.82 Å². The van der Waals surface area contributed by atoms with Crippen molar-refractivity contribution in [2.75, 3.05) is 70.4 Å². The first-order valence-electron chi connectivity index (χ1n) is 29.8. The third kappa shape index (κ3) is 9.43. The van der Waals surface area contributed by atoms with Crippen molar-refractivity contribution in [3.63, 3.8) is 0 Å². The van der Waals surface area contributed by atoms with Crippen LogP contribution in [0.1, 0.15) is 125 Å². The monoisotopic (exact) mass is 1090 g/mol. The lowest BCUT2D eigenvalue weighted by molar-refractivity contribution is -0.142. The summed E-state index contributed by atoms with van der Waals surface area (Å²) in [5.74, 6) is -0.520. The Hall–Kier alpha value is -6.37. The van der Waals surface area contributed by atoms with E-state index >= 15 is 8.78 Å². The van der Waals surface area contributed by atoms with Gasteiger partial charge in [-0.2, -0.15) is 15.1 Å². The molecule has 3 aromatic heterocycles. The molecule has 6 saturated heterocycles. The molecule has 6 aliphatic heterocycles. The van der Waals surface area contributed by atoms with Gasteiger partial charge in [0.2, 0.25) is 17.7 Å². The Labute approximate surface area is 465 Å². The summed E-state index contributed by atoms with van der Waals surface area (Å²) in [5, 5.41) is 24.3. The van der Waals surface area contributed by atoms with Crippen LogP contribution in [0.4, 0.5) is 14.6 Å². The summed E-state index contributed by atoms with van der Waals surface area (Å²) in [5.41, 5.74) is 4.22. The van der Waals surface area contributed by atoms with E-state index in [1.165, 1.54) is 30.5 Å². The highest BCUT2D eigenvalue weighted by molar-refractivity contribution is 6.03. The van der Waals surface area contributed by atoms with E-state index in [9.17, 15) is 19.5 Å². The minimum Gasteiger partial charge on any atom is -0.508 e. The first-order valence-corrected chi connectivity index (χ1v) is 29.8. The number of hydrogen-bond donors (Lipinski definition) is 3. The van der Waals surface area contributed by atoms with E-state index in [1.807, 2.05) is 18.7 Å². The molecule has 3 atom stereocenters. The molecule has 18 heteroatoms. The summed E-state index contributed by atoms with van der Waals surface area (Å²) in [6.45, 7) is 10.2. The summed E-state index contributed by atoms with van der Waals surface area (Å²) in [6, 6.07) is 14.0. The van der Waals surface area contributed by atoms with Crippen LogP contribution in [-0.4, -0.2) is 146 Å². The van der Waals surface area contributed by atoms with Gasteiger partial charge >= 0.3 is 6.01 Å². The number of ether oxygens (including phenoxy) is 1. The maximum absolute atomic E-state index is 17.2. The van der Waals surface area contributed by atoms with Gasteiger partial charge < -0.3 is 34.8 Å². The molecule has 2 aliphatic carbocycles. The number of piperidine rings is 4. The molecule has 0 radical (unpaired) electrons. The molecule has 14 rings (SSSR count). The Morgan fingerprint density at radius 3 is 2.35 bits per heavy atom. The van der Waals surface area contributed by atoms with Crippen molar-refractivity contribution < 1.29 is 33.0 Å². The smallest absolute Gasteiger partial charge is 0.319 e. The zero-order chi connectivity index (χ0) is 54.6. The molecule has 8 fully saturated rings. The number of carbonyl (C=O) groups excluding carboxylic acids is 3. The van der Waals surface area contributed by atoms with Crippen LogP contribution in [0, 0.1) is 28.4 Å². The topological polar surface area (TPSA) is 174 Å². The molecule has 2 saturated carbocycles. The molecule has 420 valence electrons. The molecule has 3 amide bonds. The van der Waals surface area contributed by atoms with Gasteiger partial charge in [0.25, 0.3) is 0 Å². The van der Waals surface area contributed by atoms with Crippen LogP contribution in [0.25, 0.3) is 43.8 Å². The van der Waals surface area contributed by atoms with Gasteiger partial charge in [-0.1, -0.05) is 25.1 Å². The lowest BCUT2D eigenvalue weighted by atomic mass is 9.59. The second kappa shape index (κ2) is 20.3. The van der Waals surface area contributed by atoms with Crippen LogP contribution in [0.5, 0.6) is 11.8 Å². The standard InChI is InChI=1S/C62H73F2N11O5/c1-3-44-49(63)10-5-39-26-43(76)28-47(52(39)44)55-53(64)56-48(31-65-55)57(75-32-40-6-7-41(33-75)66-40)69-60(68-56)80-35-62(16-17-62)34-72-20-12-37(13-21-72)59(79)74-24-18-61(19-25-74)29-42(30-61)73-22-14-36(15-23-73)38-4-8-45-50(27-38)71(2)70-54(45)46-9-11-51(77)67-58(46)78/h4-5,8,10,26-28,31,36-37,40-42,46,66,76H,3,6-7,9,11-25,29-30,32-35H2,1-2H3,(H,67,77,78). The molecule has 80 heavy (non-hydrogen) atoms. The number of likely N-dealkylation sites (tertiary alicyclic amines) is 3. The van der Waals surface area contributed by atoms with Crippen molar-refractivity contribution in [2.24, 2.45) is 23.8 Å². The molecule has 8 aliphatic rings. The zero-order valence-electron chi connectivity index (χ0n) is 46.1. The largest absolute Gasteiger partial charge is 0.508 e. The van der Waals surface area contributed by atoms with Gasteiger partial charge in [0, 0.05) is 92.8 Å². The van der Waals surface area contributed by atoms with E-state index in [0.29, 0.717) is 94.3 Å². The van der Waals surface area contributed by atoms with Gasteiger partial charge in [-0.15, -0.1) is 0 Å². The van der Waals surface area contributed by atoms with E-state index in [0.717, 1.165) is 140 Å². The number of amides is 3. The third-order valence-corrected chi connectivity index (χ3v) is 20.3. The van der Waals surface area contributed by atoms with E-state index in [1.54, 1.807) is 18.3 Å². The Morgan fingerprint density at radius 1 is 0.863 bits per heavy atom. The summed E-state index contributed by atoms with van der Waals surface area (Å²) < 4.78 is 40.9. The molecule has 6 aromatic rings. The van der Waals surface area contributed by atoms with Crippen LogP contribution < -0.4 is 20.3 Å². The molecular formula is C62H73F2N11O5. The van der Waals surface area contributed by atoms with Crippen LogP contribution in [-0.2, 0) is 27.9 Å². The first-order chi connectivity index (χ1) is 38.8. The van der Waals surface area contributed by atoms with Gasteiger partial charge in [-0.25, -0.2) is 8.78 Å². The number of nitrogens with zero attached hydrogens (tertiary/aromatic N) is 9. The number of pyridine rings is 1. The molecule has 16 nitrogen and oxygen atoms in total. The lowest BCUT2D eigenvalue weighted by Gasteiger charge is -2.56. The number of halogens is 2. The van der Waals surface area contributed by atoms with E-state index < -0.39 is 17.6 Å². The Morgan fingerprint density at radius 2 is 1.62 bits per heavy atom. The van der Waals surface area contributed by atoms with Crippen LogP contribution in [0.3, 0.4) is 0 Å². The van der Waals surface area contributed by atoms with Crippen molar-refractivity contribution in [2.45, 2.75) is 133 Å². The lowest BCUT2D eigenvalue weighted by Crippen LogP contribution is -2.57. The van der Waals surface area contributed by atoms with Crippen LogP contribution >= 0.6 is 0 Å². The normalized spacial score (nSPS) is 24.8. The fourth-order valence-electron chi connectivity index (χ4n) is 15.5. The molecule has 9 heterocycles. The highest BCUT2D eigenvalue weighted by atomic mass is 19.1. The number of carbonyl (C=O) groups is 3. The Balaban J connectivity index is 0.572. The third-order valence-electron chi connectivity index (χ3n) is 20.3. The van der Waals surface area contributed by atoms with Gasteiger partial charge in [-0.3, -0.25) is 29.4 Å². The predicted octanol–water partition coefficient (Wildman–Crippen LogP) is 8.26. The first kappa shape index (κ1) is 51.8.